The zero-order chi connectivity index (χ0) is 21.9. The number of allylic oxidation sites excluding steroid dienone is 4. The van der Waals surface area contributed by atoms with Crippen molar-refractivity contribution in [3.8, 4) is 29.7 Å². The van der Waals surface area contributed by atoms with Gasteiger partial charge in [0.2, 0.25) is 0 Å². The standard InChI is InChI=1S/C23H23BrN4O2/c1-3-8-30-21-18(24)9-14(10-19(21)29-2)20-16-7-5-4-6-15(16)17(11-25)22(28)23(20,12-26)13-27/h6,9-10,16,20H,3-5,7-8,28H2,1-2H3/t16-,20-/m0/s1. The highest BCUT2D eigenvalue weighted by Gasteiger charge is 2.54. The van der Waals surface area contributed by atoms with E-state index in [1.54, 1.807) is 7.11 Å². The number of methoxy groups -OCH3 is 1. The van der Waals surface area contributed by atoms with Gasteiger partial charge in [-0.3, -0.25) is 0 Å². The van der Waals surface area contributed by atoms with Crippen LogP contribution in [0.5, 0.6) is 11.5 Å². The van der Waals surface area contributed by atoms with Crippen molar-refractivity contribution in [2.24, 2.45) is 17.1 Å². The molecule has 0 bridgehead atoms. The van der Waals surface area contributed by atoms with Gasteiger partial charge >= 0.3 is 0 Å². The van der Waals surface area contributed by atoms with Gasteiger partial charge in [0.15, 0.2) is 16.9 Å². The van der Waals surface area contributed by atoms with Crippen molar-refractivity contribution >= 4 is 15.9 Å². The Hall–Kier alpha value is -2.95. The van der Waals surface area contributed by atoms with Gasteiger partial charge in [0, 0.05) is 5.92 Å². The minimum Gasteiger partial charge on any atom is -0.493 e. The predicted molar refractivity (Wildman–Crippen MR) is 115 cm³/mol. The van der Waals surface area contributed by atoms with E-state index in [1.807, 2.05) is 25.1 Å². The quantitative estimate of drug-likeness (QED) is 0.663. The number of rotatable bonds is 5. The monoisotopic (exact) mass is 466 g/mol. The fourth-order valence-corrected chi connectivity index (χ4v) is 5.09. The maximum Gasteiger partial charge on any atom is 0.191 e. The van der Waals surface area contributed by atoms with Crippen molar-refractivity contribution in [1.82, 2.24) is 0 Å². The van der Waals surface area contributed by atoms with Gasteiger partial charge < -0.3 is 15.2 Å². The predicted octanol–water partition coefficient (Wildman–Crippen LogP) is 4.84. The topological polar surface area (TPSA) is 116 Å². The second-order valence-corrected chi connectivity index (χ2v) is 8.34. The minimum absolute atomic E-state index is 0.0331. The summed E-state index contributed by atoms with van der Waals surface area (Å²) in [6.45, 7) is 2.55. The second kappa shape index (κ2) is 8.82. The lowest BCUT2D eigenvalue weighted by Gasteiger charge is -2.43. The van der Waals surface area contributed by atoms with Crippen LogP contribution in [0.25, 0.3) is 0 Å². The summed E-state index contributed by atoms with van der Waals surface area (Å²) in [5.41, 5.74) is 6.59. The lowest BCUT2D eigenvalue weighted by Crippen LogP contribution is -2.42. The van der Waals surface area contributed by atoms with Crippen molar-refractivity contribution in [3.05, 3.63) is 45.1 Å². The van der Waals surface area contributed by atoms with E-state index in [0.29, 0.717) is 22.6 Å². The van der Waals surface area contributed by atoms with E-state index in [2.05, 4.69) is 34.1 Å². The molecule has 30 heavy (non-hydrogen) atoms. The molecule has 0 amide bonds. The molecule has 1 aromatic rings. The molecule has 7 heteroatoms. The summed E-state index contributed by atoms with van der Waals surface area (Å²) in [6, 6.07) is 10.2. The van der Waals surface area contributed by atoms with E-state index in [1.165, 1.54) is 0 Å². The van der Waals surface area contributed by atoms with Gasteiger partial charge in [-0.1, -0.05) is 13.0 Å². The molecule has 6 nitrogen and oxygen atoms in total. The van der Waals surface area contributed by atoms with Crippen molar-refractivity contribution in [2.75, 3.05) is 13.7 Å². The van der Waals surface area contributed by atoms with Crippen molar-refractivity contribution < 1.29 is 9.47 Å². The summed E-state index contributed by atoms with van der Waals surface area (Å²) in [4.78, 5) is 0. The number of benzene rings is 1. The lowest BCUT2D eigenvalue weighted by molar-refractivity contribution is 0.289. The fourth-order valence-electron chi connectivity index (χ4n) is 4.51. The Bertz CT molecular complexity index is 1020. The van der Waals surface area contributed by atoms with Gasteiger partial charge in [-0.2, -0.15) is 15.8 Å². The SMILES string of the molecule is CCCOc1c(Br)cc([C@H]2[C@H]3CCCC=C3C(C#N)=C(N)C2(C#N)C#N)cc1OC. The molecule has 0 aromatic heterocycles. The summed E-state index contributed by atoms with van der Waals surface area (Å²) >= 11 is 3.56. The first-order valence-corrected chi connectivity index (χ1v) is 10.7. The Labute approximate surface area is 185 Å². The van der Waals surface area contributed by atoms with Gasteiger partial charge in [0.25, 0.3) is 0 Å². The molecule has 2 N–H and O–H groups in total. The molecule has 1 aromatic carbocycles. The number of halogens is 1. The number of hydrogen-bond donors (Lipinski definition) is 1. The van der Waals surface area contributed by atoms with Crippen LogP contribution in [0, 0.1) is 45.3 Å². The molecular formula is C23H23BrN4O2. The first-order chi connectivity index (χ1) is 14.5. The fraction of sp³-hybridized carbons (Fsp3) is 0.435. The minimum atomic E-state index is -1.64. The summed E-state index contributed by atoms with van der Waals surface area (Å²) in [6.07, 6.45) is 5.41. The average Bonchev–Trinajstić information content (AvgIpc) is 2.77. The first kappa shape index (κ1) is 21.8. The normalized spacial score (nSPS) is 22.1. The summed E-state index contributed by atoms with van der Waals surface area (Å²) in [5.74, 6) is 0.423. The van der Waals surface area contributed by atoms with Crippen LogP contribution >= 0.6 is 15.9 Å². The maximum atomic E-state index is 10.1. The lowest BCUT2D eigenvalue weighted by atomic mass is 9.57. The molecule has 0 fully saturated rings. The van der Waals surface area contributed by atoms with Gasteiger partial charge in [-0.15, -0.1) is 0 Å². The Morgan fingerprint density at radius 3 is 2.60 bits per heavy atom. The molecule has 0 unspecified atom stereocenters. The number of ether oxygens (including phenoxy) is 2. The Balaban J connectivity index is 2.27. The highest BCUT2D eigenvalue weighted by Crippen LogP contribution is 2.57. The third-order valence-electron chi connectivity index (χ3n) is 5.86. The summed E-state index contributed by atoms with van der Waals surface area (Å²) in [7, 11) is 1.56. The number of nitrogens with zero attached hydrogens (tertiary/aromatic N) is 3. The Morgan fingerprint density at radius 2 is 2.00 bits per heavy atom. The van der Waals surface area contributed by atoms with Crippen LogP contribution in [-0.4, -0.2) is 13.7 Å². The molecule has 2 aliphatic rings. The van der Waals surface area contributed by atoms with Crippen LogP contribution in [0.4, 0.5) is 0 Å². The summed E-state index contributed by atoms with van der Waals surface area (Å²) < 4.78 is 12.1. The molecule has 154 valence electrons. The van der Waals surface area contributed by atoms with Gasteiger partial charge in [-0.25, -0.2) is 0 Å². The van der Waals surface area contributed by atoms with E-state index in [9.17, 15) is 15.8 Å². The molecule has 0 aliphatic heterocycles. The Kier molecular flexibility index (Phi) is 6.40. The Morgan fingerprint density at radius 1 is 1.27 bits per heavy atom. The smallest absolute Gasteiger partial charge is 0.191 e. The maximum absolute atomic E-state index is 10.1. The first-order valence-electron chi connectivity index (χ1n) is 9.92. The van der Waals surface area contributed by atoms with Crippen molar-refractivity contribution in [1.29, 1.82) is 15.8 Å². The molecular weight excluding hydrogens is 444 g/mol. The number of nitrogens with two attached hydrogens (primary N) is 1. The molecule has 3 rings (SSSR count). The molecule has 0 saturated heterocycles. The zero-order valence-corrected chi connectivity index (χ0v) is 18.6. The van der Waals surface area contributed by atoms with E-state index in [0.717, 1.165) is 36.8 Å². The van der Waals surface area contributed by atoms with Crippen molar-refractivity contribution in [2.45, 2.75) is 38.5 Å². The van der Waals surface area contributed by atoms with Crippen LogP contribution in [0.15, 0.2) is 39.5 Å². The van der Waals surface area contributed by atoms with Crippen LogP contribution in [0.3, 0.4) is 0 Å². The third-order valence-corrected chi connectivity index (χ3v) is 6.45. The largest absolute Gasteiger partial charge is 0.493 e. The van der Waals surface area contributed by atoms with Crippen LogP contribution in [0.1, 0.15) is 44.1 Å². The zero-order valence-electron chi connectivity index (χ0n) is 17.0. The molecule has 0 saturated carbocycles. The molecule has 0 spiro atoms. The summed E-state index contributed by atoms with van der Waals surface area (Å²) in [5, 5.41) is 30.0. The van der Waals surface area contributed by atoms with E-state index in [-0.39, 0.29) is 17.2 Å². The van der Waals surface area contributed by atoms with E-state index < -0.39 is 11.3 Å². The third kappa shape index (κ3) is 3.32. The van der Waals surface area contributed by atoms with Gasteiger partial charge in [0.05, 0.1) is 41.6 Å². The highest BCUT2D eigenvalue weighted by atomic mass is 79.9. The van der Waals surface area contributed by atoms with Crippen molar-refractivity contribution in [3.63, 3.8) is 0 Å². The van der Waals surface area contributed by atoms with Gasteiger partial charge in [-0.05, 0) is 70.8 Å². The molecule has 0 heterocycles. The van der Waals surface area contributed by atoms with Crippen LogP contribution in [-0.2, 0) is 0 Å². The van der Waals surface area contributed by atoms with Gasteiger partial charge in [0.1, 0.15) is 6.07 Å². The highest BCUT2D eigenvalue weighted by molar-refractivity contribution is 9.10. The van der Waals surface area contributed by atoms with Crippen LogP contribution < -0.4 is 15.2 Å². The molecule has 0 radical (unpaired) electrons. The van der Waals surface area contributed by atoms with Crippen LogP contribution in [0.2, 0.25) is 0 Å². The van der Waals surface area contributed by atoms with E-state index >= 15 is 0 Å². The molecule has 2 aliphatic carbocycles. The number of hydrogen-bond acceptors (Lipinski definition) is 6. The average molecular weight is 467 g/mol. The molecule has 2 atom stereocenters. The number of fused-ring (bicyclic) bond motifs is 1. The second-order valence-electron chi connectivity index (χ2n) is 7.49. The number of nitriles is 3. The van der Waals surface area contributed by atoms with E-state index in [4.69, 9.17) is 15.2 Å².